The molecule has 134 valence electrons. The predicted molar refractivity (Wildman–Crippen MR) is 96.1 cm³/mol. The summed E-state index contributed by atoms with van der Waals surface area (Å²) in [5, 5.41) is 6.84. The van der Waals surface area contributed by atoms with Crippen LogP contribution in [0, 0.1) is 5.92 Å². The molecule has 23 heavy (non-hydrogen) atoms. The van der Waals surface area contributed by atoms with Crippen molar-refractivity contribution in [2.75, 3.05) is 72.1 Å². The Kier molecular flexibility index (Phi) is 8.71. The van der Waals surface area contributed by atoms with Crippen LogP contribution in [-0.2, 0) is 4.74 Å². The lowest BCUT2D eigenvalue weighted by atomic mass is 10.1. The standard InChI is InChI=1S/C17H35N5O/c1-3-18-17(20-14-16-6-9-21(4-2)15-16)19-7-5-8-22-10-12-23-13-11-22/h16H,3-15H2,1-2H3,(H2,18,19,20). The first kappa shape index (κ1) is 18.5. The van der Waals surface area contributed by atoms with Crippen molar-refractivity contribution in [3.8, 4) is 0 Å². The third-order valence-corrected chi connectivity index (χ3v) is 4.72. The first-order valence-corrected chi connectivity index (χ1v) is 9.36. The Labute approximate surface area is 141 Å². The Hall–Kier alpha value is -0.850. The molecule has 2 saturated heterocycles. The summed E-state index contributed by atoms with van der Waals surface area (Å²) < 4.78 is 5.38. The highest BCUT2D eigenvalue weighted by Crippen LogP contribution is 2.15. The van der Waals surface area contributed by atoms with Crippen LogP contribution in [0.3, 0.4) is 0 Å². The third kappa shape index (κ3) is 7.06. The molecule has 1 unspecified atom stereocenters. The molecule has 2 rings (SSSR count). The maximum Gasteiger partial charge on any atom is 0.191 e. The van der Waals surface area contributed by atoms with Gasteiger partial charge in [-0.25, -0.2) is 0 Å². The number of guanidine groups is 1. The Morgan fingerprint density at radius 2 is 1.96 bits per heavy atom. The topological polar surface area (TPSA) is 52.1 Å². The van der Waals surface area contributed by atoms with E-state index in [2.05, 4.69) is 34.3 Å². The number of ether oxygens (including phenoxy) is 1. The number of rotatable bonds is 8. The zero-order valence-corrected chi connectivity index (χ0v) is 15.0. The van der Waals surface area contributed by atoms with Crippen molar-refractivity contribution in [3.63, 3.8) is 0 Å². The van der Waals surface area contributed by atoms with Crippen molar-refractivity contribution in [1.29, 1.82) is 0 Å². The first-order chi connectivity index (χ1) is 11.3. The lowest BCUT2D eigenvalue weighted by molar-refractivity contribution is 0.0376. The van der Waals surface area contributed by atoms with Crippen molar-refractivity contribution in [1.82, 2.24) is 20.4 Å². The maximum absolute atomic E-state index is 5.38. The van der Waals surface area contributed by atoms with Gasteiger partial charge in [-0.1, -0.05) is 6.92 Å². The van der Waals surface area contributed by atoms with Crippen LogP contribution in [0.2, 0.25) is 0 Å². The summed E-state index contributed by atoms with van der Waals surface area (Å²) in [7, 11) is 0. The molecule has 1 atom stereocenters. The normalized spacial score (nSPS) is 24.1. The fourth-order valence-corrected chi connectivity index (χ4v) is 3.25. The molecule has 0 aromatic heterocycles. The molecule has 2 aliphatic heterocycles. The number of nitrogens with zero attached hydrogens (tertiary/aromatic N) is 3. The van der Waals surface area contributed by atoms with Crippen LogP contribution >= 0.6 is 0 Å². The average Bonchev–Trinajstić information content (AvgIpc) is 3.05. The number of likely N-dealkylation sites (tertiary alicyclic amines) is 1. The smallest absolute Gasteiger partial charge is 0.191 e. The molecule has 0 saturated carbocycles. The summed E-state index contributed by atoms with van der Waals surface area (Å²) in [5.41, 5.74) is 0. The highest BCUT2D eigenvalue weighted by Gasteiger charge is 2.20. The monoisotopic (exact) mass is 325 g/mol. The summed E-state index contributed by atoms with van der Waals surface area (Å²) in [4.78, 5) is 9.78. The van der Waals surface area contributed by atoms with Crippen LogP contribution in [0.1, 0.15) is 26.7 Å². The number of aliphatic imine (C=N–C) groups is 1. The molecule has 0 aromatic rings. The SMILES string of the molecule is CCNC(=NCC1CCN(CC)C1)NCCCN1CCOCC1. The number of hydrogen-bond donors (Lipinski definition) is 2. The van der Waals surface area contributed by atoms with Gasteiger partial charge in [0.1, 0.15) is 0 Å². The van der Waals surface area contributed by atoms with E-state index in [1.54, 1.807) is 0 Å². The molecule has 0 bridgehead atoms. The van der Waals surface area contributed by atoms with Crippen molar-refractivity contribution in [2.45, 2.75) is 26.7 Å². The van der Waals surface area contributed by atoms with Gasteiger partial charge in [0.15, 0.2) is 5.96 Å². The van der Waals surface area contributed by atoms with Crippen molar-refractivity contribution >= 4 is 5.96 Å². The van der Waals surface area contributed by atoms with E-state index in [9.17, 15) is 0 Å². The zero-order valence-electron chi connectivity index (χ0n) is 15.0. The summed E-state index contributed by atoms with van der Waals surface area (Å²) in [6, 6.07) is 0. The molecular formula is C17H35N5O. The highest BCUT2D eigenvalue weighted by molar-refractivity contribution is 5.79. The number of hydrogen-bond acceptors (Lipinski definition) is 4. The van der Waals surface area contributed by atoms with Gasteiger partial charge in [-0.2, -0.15) is 0 Å². The Morgan fingerprint density at radius 1 is 1.13 bits per heavy atom. The van der Waals surface area contributed by atoms with Crippen LogP contribution in [0.4, 0.5) is 0 Å². The Bertz CT molecular complexity index is 344. The lowest BCUT2D eigenvalue weighted by Gasteiger charge is -2.26. The molecule has 0 radical (unpaired) electrons. The van der Waals surface area contributed by atoms with Gasteiger partial charge in [-0.3, -0.25) is 9.89 Å². The quantitative estimate of drug-likeness (QED) is 0.389. The van der Waals surface area contributed by atoms with Gasteiger partial charge in [0, 0.05) is 39.3 Å². The van der Waals surface area contributed by atoms with Gasteiger partial charge in [-0.15, -0.1) is 0 Å². The van der Waals surface area contributed by atoms with Crippen LogP contribution in [-0.4, -0.2) is 87.9 Å². The second-order valence-electron chi connectivity index (χ2n) is 6.50. The molecule has 2 heterocycles. The Morgan fingerprint density at radius 3 is 2.65 bits per heavy atom. The molecule has 0 aromatic carbocycles. The summed E-state index contributed by atoms with van der Waals surface area (Å²) in [6.07, 6.45) is 2.44. The second-order valence-corrected chi connectivity index (χ2v) is 6.50. The molecule has 0 spiro atoms. The fraction of sp³-hybridized carbons (Fsp3) is 0.941. The number of morpholine rings is 1. The first-order valence-electron chi connectivity index (χ1n) is 9.36. The van der Waals surface area contributed by atoms with Crippen molar-refractivity contribution in [3.05, 3.63) is 0 Å². The van der Waals surface area contributed by atoms with E-state index >= 15 is 0 Å². The van der Waals surface area contributed by atoms with Gasteiger partial charge in [0.05, 0.1) is 13.2 Å². The fourth-order valence-electron chi connectivity index (χ4n) is 3.25. The zero-order chi connectivity index (χ0) is 16.3. The second kappa shape index (κ2) is 10.8. The van der Waals surface area contributed by atoms with E-state index in [4.69, 9.17) is 9.73 Å². The maximum atomic E-state index is 5.38. The van der Waals surface area contributed by atoms with Crippen molar-refractivity contribution in [2.24, 2.45) is 10.9 Å². The summed E-state index contributed by atoms with van der Waals surface area (Å²) in [6.45, 7) is 15.9. The molecule has 0 aliphatic carbocycles. The summed E-state index contributed by atoms with van der Waals surface area (Å²) >= 11 is 0. The molecule has 6 nitrogen and oxygen atoms in total. The molecular weight excluding hydrogens is 290 g/mol. The largest absolute Gasteiger partial charge is 0.379 e. The molecule has 2 N–H and O–H groups in total. The van der Waals surface area contributed by atoms with Gasteiger partial charge in [0.25, 0.3) is 0 Å². The highest BCUT2D eigenvalue weighted by atomic mass is 16.5. The average molecular weight is 326 g/mol. The van der Waals surface area contributed by atoms with Gasteiger partial charge in [-0.05, 0) is 45.3 Å². The predicted octanol–water partition coefficient (Wildman–Crippen LogP) is 0.606. The van der Waals surface area contributed by atoms with E-state index in [-0.39, 0.29) is 0 Å². The minimum Gasteiger partial charge on any atom is -0.379 e. The van der Waals surface area contributed by atoms with Crippen LogP contribution in [0.15, 0.2) is 4.99 Å². The van der Waals surface area contributed by atoms with Gasteiger partial charge < -0.3 is 20.3 Å². The van der Waals surface area contributed by atoms with Crippen LogP contribution < -0.4 is 10.6 Å². The molecule has 2 aliphatic rings. The van der Waals surface area contributed by atoms with E-state index in [0.29, 0.717) is 0 Å². The van der Waals surface area contributed by atoms with E-state index in [1.807, 2.05) is 0 Å². The molecule has 0 amide bonds. The lowest BCUT2D eigenvalue weighted by Crippen LogP contribution is -2.41. The third-order valence-electron chi connectivity index (χ3n) is 4.72. The van der Waals surface area contributed by atoms with Crippen molar-refractivity contribution < 1.29 is 4.74 Å². The Balaban J connectivity index is 1.63. The minimum atomic E-state index is 0.721. The van der Waals surface area contributed by atoms with E-state index in [0.717, 1.165) is 70.8 Å². The van der Waals surface area contributed by atoms with Gasteiger partial charge >= 0.3 is 0 Å². The molecule has 6 heteroatoms. The van der Waals surface area contributed by atoms with Gasteiger partial charge in [0.2, 0.25) is 0 Å². The molecule has 2 fully saturated rings. The summed E-state index contributed by atoms with van der Waals surface area (Å²) in [5.74, 6) is 1.70. The van der Waals surface area contributed by atoms with Crippen LogP contribution in [0.25, 0.3) is 0 Å². The van der Waals surface area contributed by atoms with Crippen LogP contribution in [0.5, 0.6) is 0 Å². The van der Waals surface area contributed by atoms with E-state index in [1.165, 1.54) is 26.1 Å². The number of nitrogens with one attached hydrogen (secondary N) is 2. The van der Waals surface area contributed by atoms with E-state index < -0.39 is 0 Å². The minimum absolute atomic E-state index is 0.721.